The molecule has 2 heterocycles. The Kier molecular flexibility index (Phi) is 3.31. The molecule has 1 aliphatic rings. The van der Waals surface area contributed by atoms with Crippen LogP contribution < -0.4 is 9.64 Å². The lowest BCUT2D eigenvalue weighted by Gasteiger charge is -2.16. The fourth-order valence-corrected chi connectivity index (χ4v) is 2.30. The number of hydrogen-bond donors (Lipinski definition) is 0. The van der Waals surface area contributed by atoms with Gasteiger partial charge >= 0.3 is 0 Å². The molecule has 1 aromatic heterocycles. The molecule has 1 aromatic carbocycles. The molecule has 4 heteroatoms. The van der Waals surface area contributed by atoms with Gasteiger partial charge in [0, 0.05) is 19.2 Å². The van der Waals surface area contributed by atoms with E-state index in [4.69, 9.17) is 4.74 Å². The molecule has 19 heavy (non-hydrogen) atoms. The zero-order valence-corrected chi connectivity index (χ0v) is 11.0. The highest BCUT2D eigenvalue weighted by Gasteiger charge is 2.14. The third-order valence-electron chi connectivity index (χ3n) is 3.27. The lowest BCUT2D eigenvalue weighted by molar-refractivity contribution is 0.461. The number of hydrogen-bond acceptors (Lipinski definition) is 4. The number of aryl methyl sites for hydroxylation is 1. The zero-order valence-electron chi connectivity index (χ0n) is 11.0. The van der Waals surface area contributed by atoms with Crippen LogP contribution in [0.5, 0.6) is 11.6 Å². The number of rotatable bonds is 3. The highest BCUT2D eigenvalue weighted by atomic mass is 16.5. The maximum absolute atomic E-state index is 5.78. The van der Waals surface area contributed by atoms with E-state index in [0.29, 0.717) is 5.88 Å². The molecule has 98 valence electrons. The van der Waals surface area contributed by atoms with Gasteiger partial charge < -0.3 is 9.64 Å². The Morgan fingerprint density at radius 3 is 2.74 bits per heavy atom. The molecule has 3 rings (SSSR count). The Balaban J connectivity index is 1.79. The number of benzene rings is 1. The van der Waals surface area contributed by atoms with Gasteiger partial charge in [0.25, 0.3) is 0 Å². The standard InChI is InChI=1S/C15H17N3O/c1-12-5-4-6-13(9-12)19-15-10-14(16-11-17-15)18-7-2-3-8-18/h4-6,9-11H,2-3,7-8H2,1H3. The average molecular weight is 255 g/mol. The van der Waals surface area contributed by atoms with E-state index in [2.05, 4.69) is 14.9 Å². The topological polar surface area (TPSA) is 38.2 Å². The molecule has 1 fully saturated rings. The average Bonchev–Trinajstić information content (AvgIpc) is 2.93. The smallest absolute Gasteiger partial charge is 0.224 e. The monoisotopic (exact) mass is 255 g/mol. The molecule has 0 N–H and O–H groups in total. The first-order valence-corrected chi connectivity index (χ1v) is 6.63. The molecule has 0 amide bonds. The maximum Gasteiger partial charge on any atom is 0.224 e. The van der Waals surface area contributed by atoms with E-state index >= 15 is 0 Å². The summed E-state index contributed by atoms with van der Waals surface area (Å²) >= 11 is 0. The van der Waals surface area contributed by atoms with Gasteiger partial charge in [-0.15, -0.1) is 0 Å². The van der Waals surface area contributed by atoms with E-state index in [9.17, 15) is 0 Å². The Morgan fingerprint density at radius 2 is 1.95 bits per heavy atom. The summed E-state index contributed by atoms with van der Waals surface area (Å²) in [5, 5.41) is 0. The van der Waals surface area contributed by atoms with Crippen LogP contribution >= 0.6 is 0 Å². The van der Waals surface area contributed by atoms with Crippen molar-refractivity contribution in [2.75, 3.05) is 18.0 Å². The quantitative estimate of drug-likeness (QED) is 0.844. The molecule has 0 radical (unpaired) electrons. The molecule has 0 aliphatic carbocycles. The van der Waals surface area contributed by atoms with Crippen LogP contribution in [0.1, 0.15) is 18.4 Å². The summed E-state index contributed by atoms with van der Waals surface area (Å²) in [6.07, 6.45) is 4.04. The molecule has 1 saturated heterocycles. The largest absolute Gasteiger partial charge is 0.439 e. The minimum atomic E-state index is 0.600. The van der Waals surface area contributed by atoms with Crippen molar-refractivity contribution < 1.29 is 4.74 Å². The zero-order chi connectivity index (χ0) is 13.1. The van der Waals surface area contributed by atoms with Crippen LogP contribution in [0.4, 0.5) is 5.82 Å². The van der Waals surface area contributed by atoms with Crippen LogP contribution in [0.15, 0.2) is 36.7 Å². The summed E-state index contributed by atoms with van der Waals surface area (Å²) in [5.74, 6) is 2.36. The summed E-state index contributed by atoms with van der Waals surface area (Å²) in [6.45, 7) is 4.18. The van der Waals surface area contributed by atoms with Crippen LogP contribution in [-0.2, 0) is 0 Å². The van der Waals surface area contributed by atoms with Crippen molar-refractivity contribution in [2.24, 2.45) is 0 Å². The van der Waals surface area contributed by atoms with Crippen LogP contribution in [-0.4, -0.2) is 23.1 Å². The molecular weight excluding hydrogens is 238 g/mol. The van der Waals surface area contributed by atoms with E-state index in [1.54, 1.807) is 6.33 Å². The molecule has 4 nitrogen and oxygen atoms in total. The van der Waals surface area contributed by atoms with Crippen molar-refractivity contribution in [1.82, 2.24) is 9.97 Å². The van der Waals surface area contributed by atoms with Crippen molar-refractivity contribution >= 4 is 5.82 Å². The fourth-order valence-electron chi connectivity index (χ4n) is 2.30. The predicted molar refractivity (Wildman–Crippen MR) is 74.7 cm³/mol. The molecule has 1 aliphatic heterocycles. The lowest BCUT2D eigenvalue weighted by atomic mass is 10.2. The first-order valence-electron chi connectivity index (χ1n) is 6.63. The van der Waals surface area contributed by atoms with Crippen LogP contribution in [0.25, 0.3) is 0 Å². The molecular formula is C15H17N3O. The van der Waals surface area contributed by atoms with Gasteiger partial charge in [-0.2, -0.15) is 0 Å². The van der Waals surface area contributed by atoms with Gasteiger partial charge in [0.05, 0.1) is 0 Å². The fraction of sp³-hybridized carbons (Fsp3) is 0.333. The molecule has 0 spiro atoms. The predicted octanol–water partition coefficient (Wildman–Crippen LogP) is 3.18. The molecule has 0 bridgehead atoms. The first kappa shape index (κ1) is 12.0. The summed E-state index contributed by atoms with van der Waals surface area (Å²) in [7, 11) is 0. The first-order chi connectivity index (χ1) is 9.31. The highest BCUT2D eigenvalue weighted by molar-refractivity contribution is 5.42. The normalized spacial score (nSPS) is 14.7. The van der Waals surface area contributed by atoms with E-state index in [0.717, 1.165) is 24.7 Å². The Labute approximate surface area is 113 Å². The number of nitrogens with zero attached hydrogens (tertiary/aromatic N) is 3. The summed E-state index contributed by atoms with van der Waals surface area (Å²) in [4.78, 5) is 10.8. The summed E-state index contributed by atoms with van der Waals surface area (Å²) in [6, 6.07) is 9.87. The molecule has 0 unspecified atom stereocenters. The Hall–Kier alpha value is -2.10. The van der Waals surface area contributed by atoms with Crippen molar-refractivity contribution in [2.45, 2.75) is 19.8 Å². The van der Waals surface area contributed by atoms with Crippen molar-refractivity contribution in [3.8, 4) is 11.6 Å². The summed E-state index contributed by atoms with van der Waals surface area (Å²) in [5.41, 5.74) is 1.17. The van der Waals surface area contributed by atoms with Crippen LogP contribution in [0.2, 0.25) is 0 Å². The van der Waals surface area contributed by atoms with Crippen molar-refractivity contribution in [3.05, 3.63) is 42.2 Å². The third kappa shape index (κ3) is 2.84. The van der Waals surface area contributed by atoms with Gasteiger partial charge in [0.2, 0.25) is 5.88 Å². The maximum atomic E-state index is 5.78. The summed E-state index contributed by atoms with van der Waals surface area (Å²) < 4.78 is 5.78. The molecule has 0 atom stereocenters. The van der Waals surface area contributed by atoms with Crippen LogP contribution in [0, 0.1) is 6.92 Å². The number of aromatic nitrogens is 2. The minimum Gasteiger partial charge on any atom is -0.439 e. The van der Waals surface area contributed by atoms with E-state index < -0.39 is 0 Å². The SMILES string of the molecule is Cc1cccc(Oc2cc(N3CCCC3)ncn2)c1. The molecule has 0 saturated carbocycles. The second-order valence-corrected chi connectivity index (χ2v) is 4.83. The highest BCUT2D eigenvalue weighted by Crippen LogP contribution is 2.24. The van der Waals surface area contributed by atoms with Gasteiger partial charge in [-0.1, -0.05) is 12.1 Å². The Morgan fingerprint density at radius 1 is 1.11 bits per heavy atom. The van der Waals surface area contributed by atoms with Gasteiger partial charge in [0.1, 0.15) is 17.9 Å². The minimum absolute atomic E-state index is 0.600. The second kappa shape index (κ2) is 5.26. The van der Waals surface area contributed by atoms with Gasteiger partial charge in [0.15, 0.2) is 0 Å². The van der Waals surface area contributed by atoms with Gasteiger partial charge in [-0.3, -0.25) is 0 Å². The van der Waals surface area contributed by atoms with E-state index in [-0.39, 0.29) is 0 Å². The number of anilines is 1. The molecule has 2 aromatic rings. The second-order valence-electron chi connectivity index (χ2n) is 4.83. The Bertz CT molecular complexity index is 565. The van der Waals surface area contributed by atoms with E-state index in [1.165, 1.54) is 18.4 Å². The van der Waals surface area contributed by atoms with Gasteiger partial charge in [-0.05, 0) is 37.5 Å². The third-order valence-corrected chi connectivity index (χ3v) is 3.27. The number of ether oxygens (including phenoxy) is 1. The van der Waals surface area contributed by atoms with Gasteiger partial charge in [-0.25, -0.2) is 9.97 Å². The van der Waals surface area contributed by atoms with Crippen LogP contribution in [0.3, 0.4) is 0 Å². The van der Waals surface area contributed by atoms with E-state index in [1.807, 2.05) is 37.3 Å². The lowest BCUT2D eigenvalue weighted by Crippen LogP contribution is -2.18. The van der Waals surface area contributed by atoms with Crippen molar-refractivity contribution in [1.29, 1.82) is 0 Å². The van der Waals surface area contributed by atoms with Crippen molar-refractivity contribution in [3.63, 3.8) is 0 Å².